The fourth-order valence-corrected chi connectivity index (χ4v) is 9.43. The summed E-state index contributed by atoms with van der Waals surface area (Å²) in [5.41, 5.74) is 0. The summed E-state index contributed by atoms with van der Waals surface area (Å²) in [5, 5.41) is 0. The highest BCUT2D eigenvalue weighted by Gasteiger charge is 2.19. The van der Waals surface area contributed by atoms with Crippen molar-refractivity contribution in [3.8, 4) is 0 Å². The molecule has 6 heteroatoms. The summed E-state index contributed by atoms with van der Waals surface area (Å²) in [6, 6.07) is 0. The summed E-state index contributed by atoms with van der Waals surface area (Å²) in [7, 11) is 0. The van der Waals surface area contributed by atoms with Crippen molar-refractivity contribution in [3.63, 3.8) is 0 Å². The number of ether oxygens (including phenoxy) is 3. The maximum absolute atomic E-state index is 12.9. The molecule has 0 rings (SSSR count). The quantitative estimate of drug-likeness (QED) is 0.0261. The molecule has 0 aromatic rings. The van der Waals surface area contributed by atoms with Crippen molar-refractivity contribution in [3.05, 3.63) is 60.8 Å². The van der Waals surface area contributed by atoms with Gasteiger partial charge in [-0.05, 0) is 83.5 Å². The van der Waals surface area contributed by atoms with Gasteiger partial charge in [0.15, 0.2) is 6.10 Å². The number of esters is 3. The third-order valence-electron chi connectivity index (χ3n) is 14.3. The van der Waals surface area contributed by atoms with Crippen LogP contribution in [0.25, 0.3) is 0 Å². The SMILES string of the molecule is CC/C=C\C/C=C\C/C=C\CCCCCCCCCC(=O)OC(COC(=O)CCCCCCCCCCCCC/C=C\C/C=C\CCCCCCC)COC(=O)CCCCCCCCCCCCCCCCCC. The zero-order valence-electron chi connectivity index (χ0n) is 49.4. The van der Waals surface area contributed by atoms with Crippen molar-refractivity contribution in [1.82, 2.24) is 0 Å². The first-order chi connectivity index (χ1) is 36.5. The van der Waals surface area contributed by atoms with Gasteiger partial charge < -0.3 is 14.2 Å². The lowest BCUT2D eigenvalue weighted by Crippen LogP contribution is -2.30. The molecule has 0 heterocycles. The highest BCUT2D eigenvalue weighted by atomic mass is 16.6. The number of hydrogen-bond acceptors (Lipinski definition) is 6. The van der Waals surface area contributed by atoms with Gasteiger partial charge in [-0.3, -0.25) is 14.4 Å². The molecule has 0 saturated heterocycles. The molecule has 0 aromatic carbocycles. The van der Waals surface area contributed by atoms with Gasteiger partial charge in [0.1, 0.15) is 13.2 Å². The van der Waals surface area contributed by atoms with Crippen LogP contribution in [0.2, 0.25) is 0 Å². The molecule has 0 aliphatic heterocycles. The molecule has 0 saturated carbocycles. The average molecular weight is 1040 g/mol. The van der Waals surface area contributed by atoms with Crippen molar-refractivity contribution in [2.75, 3.05) is 13.2 Å². The summed E-state index contributed by atoms with van der Waals surface area (Å²) in [5.74, 6) is -0.868. The van der Waals surface area contributed by atoms with Crippen molar-refractivity contribution in [2.45, 2.75) is 341 Å². The molecule has 0 aliphatic carbocycles. The normalized spacial score (nSPS) is 12.4. The smallest absolute Gasteiger partial charge is 0.306 e. The third kappa shape index (κ3) is 60.0. The molecule has 0 fully saturated rings. The predicted molar refractivity (Wildman–Crippen MR) is 321 cm³/mol. The number of hydrogen-bond donors (Lipinski definition) is 0. The van der Waals surface area contributed by atoms with E-state index in [0.29, 0.717) is 19.3 Å². The van der Waals surface area contributed by atoms with E-state index in [2.05, 4.69) is 81.5 Å². The molecular weight excluding hydrogens is 913 g/mol. The Labute approximate surface area is 460 Å². The summed E-state index contributed by atoms with van der Waals surface area (Å²) >= 11 is 0. The lowest BCUT2D eigenvalue weighted by molar-refractivity contribution is -0.167. The fraction of sp³-hybridized carbons (Fsp3) is 0.809. The third-order valence-corrected chi connectivity index (χ3v) is 14.3. The van der Waals surface area contributed by atoms with Crippen molar-refractivity contribution in [1.29, 1.82) is 0 Å². The van der Waals surface area contributed by atoms with Gasteiger partial charge in [-0.2, -0.15) is 0 Å². The Kier molecular flexibility index (Phi) is 60.2. The van der Waals surface area contributed by atoms with Crippen LogP contribution in [0.1, 0.15) is 335 Å². The number of allylic oxidation sites excluding steroid dienone is 10. The first kappa shape index (κ1) is 71.1. The minimum Gasteiger partial charge on any atom is -0.462 e. The average Bonchev–Trinajstić information content (AvgIpc) is 3.40. The minimum atomic E-state index is -0.780. The zero-order chi connectivity index (χ0) is 53.6. The van der Waals surface area contributed by atoms with Gasteiger partial charge in [0.2, 0.25) is 0 Å². The maximum Gasteiger partial charge on any atom is 0.306 e. The van der Waals surface area contributed by atoms with E-state index in [0.717, 1.165) is 89.9 Å². The Morgan fingerprint density at radius 2 is 0.527 bits per heavy atom. The van der Waals surface area contributed by atoms with Crippen LogP contribution in [0, 0.1) is 0 Å². The molecule has 6 nitrogen and oxygen atoms in total. The van der Waals surface area contributed by atoms with Gasteiger partial charge in [0.05, 0.1) is 0 Å². The van der Waals surface area contributed by atoms with E-state index in [1.165, 1.54) is 205 Å². The number of carbonyl (C=O) groups is 3. The van der Waals surface area contributed by atoms with E-state index >= 15 is 0 Å². The molecule has 0 spiro atoms. The van der Waals surface area contributed by atoms with Gasteiger partial charge >= 0.3 is 17.9 Å². The first-order valence-electron chi connectivity index (χ1n) is 32.3. The maximum atomic E-state index is 12.9. The minimum absolute atomic E-state index is 0.0754. The van der Waals surface area contributed by atoms with Crippen LogP contribution in [-0.4, -0.2) is 37.2 Å². The molecular formula is C68H122O6. The molecule has 0 amide bonds. The monoisotopic (exact) mass is 1030 g/mol. The molecule has 74 heavy (non-hydrogen) atoms. The van der Waals surface area contributed by atoms with E-state index in [1.807, 2.05) is 0 Å². The second-order valence-electron chi connectivity index (χ2n) is 21.6. The number of carbonyl (C=O) groups excluding carboxylic acids is 3. The zero-order valence-corrected chi connectivity index (χ0v) is 49.4. The van der Waals surface area contributed by atoms with E-state index in [-0.39, 0.29) is 31.1 Å². The summed E-state index contributed by atoms with van der Waals surface area (Å²) in [6.45, 7) is 6.56. The van der Waals surface area contributed by atoms with E-state index in [9.17, 15) is 14.4 Å². The van der Waals surface area contributed by atoms with E-state index < -0.39 is 6.10 Å². The highest BCUT2D eigenvalue weighted by molar-refractivity contribution is 5.71. The fourth-order valence-electron chi connectivity index (χ4n) is 9.43. The van der Waals surface area contributed by atoms with E-state index in [1.54, 1.807) is 0 Å². The van der Waals surface area contributed by atoms with Gasteiger partial charge in [-0.1, -0.05) is 293 Å². The lowest BCUT2D eigenvalue weighted by Gasteiger charge is -2.18. The van der Waals surface area contributed by atoms with Crippen LogP contribution in [0.5, 0.6) is 0 Å². The van der Waals surface area contributed by atoms with E-state index in [4.69, 9.17) is 14.2 Å². The second kappa shape index (κ2) is 62.6. The topological polar surface area (TPSA) is 78.9 Å². The molecule has 1 atom stereocenters. The Morgan fingerprint density at radius 1 is 0.284 bits per heavy atom. The van der Waals surface area contributed by atoms with Gasteiger partial charge in [0.25, 0.3) is 0 Å². The number of rotatable bonds is 59. The molecule has 0 N–H and O–H groups in total. The van der Waals surface area contributed by atoms with Gasteiger partial charge in [0, 0.05) is 19.3 Å². The van der Waals surface area contributed by atoms with Crippen LogP contribution in [0.3, 0.4) is 0 Å². The Balaban J connectivity index is 4.33. The van der Waals surface area contributed by atoms with Gasteiger partial charge in [-0.25, -0.2) is 0 Å². The molecule has 0 bridgehead atoms. The Bertz CT molecular complexity index is 1330. The lowest BCUT2D eigenvalue weighted by atomic mass is 10.0. The molecule has 0 aliphatic rings. The largest absolute Gasteiger partial charge is 0.462 e. The molecule has 430 valence electrons. The molecule has 0 aromatic heterocycles. The van der Waals surface area contributed by atoms with Crippen LogP contribution >= 0.6 is 0 Å². The van der Waals surface area contributed by atoms with Crippen molar-refractivity contribution < 1.29 is 28.6 Å². The second-order valence-corrected chi connectivity index (χ2v) is 21.6. The van der Waals surface area contributed by atoms with Crippen LogP contribution < -0.4 is 0 Å². The standard InChI is InChI=1S/C68H122O6/c1-4-7-10-13-16-19-22-25-28-31-32-33-34-35-36-38-40-43-46-49-52-55-58-61-67(70)73-64-65(63-72-66(69)60-57-54-51-48-45-42-39-30-27-24-21-18-15-12-9-6-3)74-68(71)62-59-56-53-50-47-44-41-37-29-26-23-20-17-14-11-8-5-2/h8,11,17,20,22,25-26,29,31-32,65H,4-7,9-10,12-16,18-19,21,23-24,27-28,30,33-64H2,1-3H3/b11-8-,20-17-,25-22-,29-26-,32-31-. The highest BCUT2D eigenvalue weighted by Crippen LogP contribution is 2.17. The Morgan fingerprint density at radius 3 is 0.824 bits per heavy atom. The summed E-state index contributed by atoms with van der Waals surface area (Å²) in [6.07, 6.45) is 79.4. The summed E-state index contributed by atoms with van der Waals surface area (Å²) < 4.78 is 16.9. The van der Waals surface area contributed by atoms with Crippen LogP contribution in [0.15, 0.2) is 60.8 Å². The molecule has 0 radical (unpaired) electrons. The van der Waals surface area contributed by atoms with Crippen molar-refractivity contribution >= 4 is 17.9 Å². The van der Waals surface area contributed by atoms with Crippen LogP contribution in [-0.2, 0) is 28.6 Å². The van der Waals surface area contributed by atoms with Crippen molar-refractivity contribution in [2.24, 2.45) is 0 Å². The van der Waals surface area contributed by atoms with Crippen LogP contribution in [0.4, 0.5) is 0 Å². The first-order valence-corrected chi connectivity index (χ1v) is 32.3. The summed E-state index contributed by atoms with van der Waals surface area (Å²) in [4.78, 5) is 38.3. The molecule has 1 unspecified atom stereocenters. The Hall–Kier alpha value is -2.89. The predicted octanol–water partition coefficient (Wildman–Crippen LogP) is 21.9. The van der Waals surface area contributed by atoms with Gasteiger partial charge in [-0.15, -0.1) is 0 Å². The number of unbranched alkanes of at least 4 members (excludes halogenated alkanes) is 38.